The Balaban J connectivity index is 0.00000220. The molecule has 0 saturated carbocycles. The largest absolute Gasteiger partial charge is 0.370 e. The summed E-state index contributed by atoms with van der Waals surface area (Å²) >= 11 is 0. The van der Waals surface area contributed by atoms with Crippen molar-refractivity contribution in [3.63, 3.8) is 0 Å². The number of hydrogen-bond donors (Lipinski definition) is 2. The number of rotatable bonds is 5. The number of hydrogen-bond acceptors (Lipinski definition) is 3. The average Bonchev–Trinajstić information content (AvgIpc) is 2.92. The highest BCUT2D eigenvalue weighted by molar-refractivity contribution is 14.0. The second kappa shape index (κ2) is 8.60. The summed E-state index contributed by atoms with van der Waals surface area (Å²) in [5.74, 6) is 1.71. The molecule has 2 aromatic rings. The van der Waals surface area contributed by atoms with Crippen molar-refractivity contribution in [1.29, 1.82) is 0 Å². The van der Waals surface area contributed by atoms with Gasteiger partial charge < -0.3 is 11.1 Å². The van der Waals surface area contributed by atoms with Crippen LogP contribution in [0.1, 0.15) is 19.7 Å². The number of nitrogens with two attached hydrogens (primary N) is 1. The van der Waals surface area contributed by atoms with E-state index in [4.69, 9.17) is 5.73 Å². The maximum absolute atomic E-state index is 5.81. The van der Waals surface area contributed by atoms with Gasteiger partial charge >= 0.3 is 0 Å². The molecular formula is C14H21IN6. The number of guanidine groups is 1. The topological polar surface area (TPSA) is 81.1 Å². The van der Waals surface area contributed by atoms with E-state index in [1.807, 2.05) is 34.9 Å². The molecule has 0 aliphatic heterocycles. The van der Waals surface area contributed by atoms with Crippen LogP contribution in [0.3, 0.4) is 0 Å². The van der Waals surface area contributed by atoms with Gasteiger partial charge in [-0.2, -0.15) is 0 Å². The molecule has 1 heterocycles. The van der Waals surface area contributed by atoms with Crippen LogP contribution in [0, 0.1) is 5.92 Å². The monoisotopic (exact) mass is 400 g/mol. The van der Waals surface area contributed by atoms with E-state index in [1.54, 1.807) is 6.33 Å². The summed E-state index contributed by atoms with van der Waals surface area (Å²) in [6.45, 7) is 5.44. The number of para-hydroxylation sites is 1. The summed E-state index contributed by atoms with van der Waals surface area (Å²) in [5.41, 5.74) is 6.82. The average molecular weight is 400 g/mol. The van der Waals surface area contributed by atoms with Crippen molar-refractivity contribution in [3.8, 4) is 5.69 Å². The molecule has 114 valence electrons. The molecule has 1 aromatic heterocycles. The molecule has 0 unspecified atom stereocenters. The Labute approximate surface area is 141 Å². The molecule has 0 radical (unpaired) electrons. The van der Waals surface area contributed by atoms with E-state index in [9.17, 15) is 0 Å². The van der Waals surface area contributed by atoms with Gasteiger partial charge in [0.2, 0.25) is 0 Å². The lowest BCUT2D eigenvalue weighted by Gasteiger charge is -2.08. The zero-order valence-electron chi connectivity index (χ0n) is 12.2. The molecule has 1 aromatic carbocycles. The van der Waals surface area contributed by atoms with E-state index in [-0.39, 0.29) is 24.0 Å². The fourth-order valence-electron chi connectivity index (χ4n) is 1.69. The quantitative estimate of drug-likeness (QED) is 0.457. The normalized spacial score (nSPS) is 11.3. The first kappa shape index (κ1) is 17.4. The minimum Gasteiger partial charge on any atom is -0.370 e. The van der Waals surface area contributed by atoms with Crippen molar-refractivity contribution in [2.24, 2.45) is 16.6 Å². The fourth-order valence-corrected chi connectivity index (χ4v) is 1.69. The summed E-state index contributed by atoms with van der Waals surface area (Å²) < 4.78 is 1.90. The highest BCUT2D eigenvalue weighted by Crippen LogP contribution is 2.09. The Morgan fingerprint density at radius 2 is 2.05 bits per heavy atom. The molecule has 0 atom stereocenters. The third-order valence-corrected chi connectivity index (χ3v) is 2.73. The molecule has 0 bridgehead atoms. The second-order valence-corrected chi connectivity index (χ2v) is 4.93. The lowest BCUT2D eigenvalue weighted by Crippen LogP contribution is -2.34. The third-order valence-electron chi connectivity index (χ3n) is 2.73. The number of aromatic nitrogens is 3. The van der Waals surface area contributed by atoms with Crippen LogP contribution < -0.4 is 11.1 Å². The van der Waals surface area contributed by atoms with Gasteiger partial charge in [-0.3, -0.25) is 4.57 Å². The van der Waals surface area contributed by atoms with Gasteiger partial charge in [0, 0.05) is 12.2 Å². The van der Waals surface area contributed by atoms with Crippen LogP contribution in [0.15, 0.2) is 41.7 Å². The van der Waals surface area contributed by atoms with Crippen LogP contribution in [-0.4, -0.2) is 27.3 Å². The van der Waals surface area contributed by atoms with Crippen LogP contribution in [0.4, 0.5) is 0 Å². The molecule has 2 rings (SSSR count). The maximum atomic E-state index is 5.81. The number of aliphatic imine (C=N–C) groups is 1. The van der Waals surface area contributed by atoms with Gasteiger partial charge in [0.15, 0.2) is 11.8 Å². The fraction of sp³-hybridized carbons (Fsp3) is 0.357. The molecule has 7 heteroatoms. The summed E-state index contributed by atoms with van der Waals surface area (Å²) in [4.78, 5) is 4.28. The first-order chi connectivity index (χ1) is 9.66. The Bertz CT molecular complexity index is 564. The van der Waals surface area contributed by atoms with Crippen molar-refractivity contribution >= 4 is 29.9 Å². The van der Waals surface area contributed by atoms with Crippen LogP contribution in [-0.2, 0) is 6.54 Å². The molecule has 0 aliphatic rings. The van der Waals surface area contributed by atoms with E-state index < -0.39 is 0 Å². The minimum atomic E-state index is 0. The van der Waals surface area contributed by atoms with Gasteiger partial charge in [-0.25, -0.2) is 4.99 Å². The molecule has 0 spiro atoms. The summed E-state index contributed by atoms with van der Waals surface area (Å²) in [5, 5.41) is 11.1. The van der Waals surface area contributed by atoms with E-state index in [1.165, 1.54) is 0 Å². The number of halogens is 1. The predicted molar refractivity (Wildman–Crippen MR) is 94.9 cm³/mol. The predicted octanol–water partition coefficient (Wildman–Crippen LogP) is 1.95. The van der Waals surface area contributed by atoms with Gasteiger partial charge in [-0.15, -0.1) is 34.2 Å². The molecule has 6 nitrogen and oxygen atoms in total. The van der Waals surface area contributed by atoms with Crippen LogP contribution in [0.5, 0.6) is 0 Å². The van der Waals surface area contributed by atoms with E-state index in [2.05, 4.69) is 34.4 Å². The number of nitrogens with one attached hydrogen (secondary N) is 1. The zero-order valence-corrected chi connectivity index (χ0v) is 14.6. The van der Waals surface area contributed by atoms with E-state index in [0.717, 1.165) is 18.1 Å². The number of nitrogens with zero attached hydrogens (tertiary/aromatic N) is 4. The van der Waals surface area contributed by atoms with Gasteiger partial charge in [0.25, 0.3) is 0 Å². The lowest BCUT2D eigenvalue weighted by atomic mass is 10.2. The third kappa shape index (κ3) is 5.33. The van der Waals surface area contributed by atoms with Crippen LogP contribution in [0.2, 0.25) is 0 Å². The standard InChI is InChI=1S/C14H20N6.HI/c1-11(2)8-16-14(15)17-9-13-19-18-10-20(13)12-6-4-3-5-7-12;/h3-7,10-11H,8-9H2,1-2H3,(H3,15,16,17);1H. The minimum absolute atomic E-state index is 0. The van der Waals surface area contributed by atoms with Gasteiger partial charge in [0.05, 0.1) is 0 Å². The Hall–Kier alpha value is -1.64. The van der Waals surface area contributed by atoms with E-state index >= 15 is 0 Å². The van der Waals surface area contributed by atoms with Gasteiger partial charge in [-0.05, 0) is 18.1 Å². The molecular weight excluding hydrogens is 379 g/mol. The van der Waals surface area contributed by atoms with Crippen LogP contribution >= 0.6 is 24.0 Å². The zero-order chi connectivity index (χ0) is 14.4. The van der Waals surface area contributed by atoms with Crippen molar-refractivity contribution in [2.45, 2.75) is 20.4 Å². The maximum Gasteiger partial charge on any atom is 0.189 e. The summed E-state index contributed by atoms with van der Waals surface area (Å²) in [6.07, 6.45) is 1.68. The smallest absolute Gasteiger partial charge is 0.189 e. The van der Waals surface area contributed by atoms with E-state index in [0.29, 0.717) is 18.4 Å². The van der Waals surface area contributed by atoms with Crippen molar-refractivity contribution in [3.05, 3.63) is 42.5 Å². The number of benzene rings is 1. The lowest BCUT2D eigenvalue weighted by molar-refractivity contribution is 0.621. The molecule has 0 saturated heterocycles. The van der Waals surface area contributed by atoms with Crippen LogP contribution in [0.25, 0.3) is 5.69 Å². The Kier molecular flexibility index (Phi) is 7.13. The summed E-state index contributed by atoms with van der Waals surface area (Å²) in [7, 11) is 0. The highest BCUT2D eigenvalue weighted by atomic mass is 127. The molecule has 0 fully saturated rings. The Morgan fingerprint density at radius 3 is 2.71 bits per heavy atom. The molecule has 0 amide bonds. The molecule has 21 heavy (non-hydrogen) atoms. The molecule has 3 N–H and O–H groups in total. The summed E-state index contributed by atoms with van der Waals surface area (Å²) in [6, 6.07) is 9.91. The molecule has 0 aliphatic carbocycles. The van der Waals surface area contributed by atoms with Gasteiger partial charge in [0.1, 0.15) is 12.9 Å². The van der Waals surface area contributed by atoms with Crippen molar-refractivity contribution < 1.29 is 0 Å². The Morgan fingerprint density at radius 1 is 1.33 bits per heavy atom. The van der Waals surface area contributed by atoms with Crippen molar-refractivity contribution in [1.82, 2.24) is 20.1 Å². The van der Waals surface area contributed by atoms with Crippen molar-refractivity contribution in [2.75, 3.05) is 6.54 Å². The second-order valence-electron chi connectivity index (χ2n) is 4.93. The van der Waals surface area contributed by atoms with Gasteiger partial charge in [-0.1, -0.05) is 32.0 Å². The highest BCUT2D eigenvalue weighted by Gasteiger charge is 2.05. The first-order valence-corrected chi connectivity index (χ1v) is 6.65. The first-order valence-electron chi connectivity index (χ1n) is 6.65. The SMILES string of the molecule is CC(C)CNC(N)=NCc1nncn1-c1ccccc1.I.